The summed E-state index contributed by atoms with van der Waals surface area (Å²) in [4.78, 5) is 34.5. The van der Waals surface area contributed by atoms with Crippen LogP contribution in [0.15, 0.2) is 38.0 Å². The van der Waals surface area contributed by atoms with Crippen molar-refractivity contribution in [3.05, 3.63) is 38.0 Å². The van der Waals surface area contributed by atoms with Gasteiger partial charge in [0.15, 0.2) is 9.76 Å². The molecule has 0 amide bonds. The highest BCUT2D eigenvalue weighted by atomic mass is 28.2. The molecule has 0 atom stereocenters. The van der Waals surface area contributed by atoms with E-state index in [1.54, 1.807) is 0 Å². The average molecular weight is 342 g/mol. The first-order valence-electron chi connectivity index (χ1n) is 7.07. The summed E-state index contributed by atoms with van der Waals surface area (Å²) in [5.74, 6) is -4.91. The molecule has 7 nitrogen and oxygen atoms in total. The third-order valence-electron chi connectivity index (χ3n) is 2.39. The van der Waals surface area contributed by atoms with Gasteiger partial charge in [-0.1, -0.05) is 26.7 Å². The van der Waals surface area contributed by atoms with Crippen molar-refractivity contribution < 1.29 is 33.0 Å². The number of hydrogen-bond donors (Lipinski definition) is 0. The van der Waals surface area contributed by atoms with Gasteiger partial charge < -0.3 is 18.6 Å². The van der Waals surface area contributed by atoms with E-state index in [1.165, 1.54) is 0 Å². The Morgan fingerprint density at radius 2 is 1.39 bits per heavy atom. The van der Waals surface area contributed by atoms with Crippen molar-refractivity contribution in [2.24, 2.45) is 0 Å². The van der Waals surface area contributed by atoms with Gasteiger partial charge in [-0.3, -0.25) is 0 Å². The number of esters is 3. The summed E-state index contributed by atoms with van der Waals surface area (Å²) >= 11 is 0. The molecule has 0 aromatic heterocycles. The van der Waals surface area contributed by atoms with E-state index in [0.29, 0.717) is 12.7 Å². The second-order valence-corrected chi connectivity index (χ2v) is 5.80. The predicted molar refractivity (Wildman–Crippen MR) is 85.8 cm³/mol. The molecule has 8 heteroatoms. The van der Waals surface area contributed by atoms with Crippen LogP contribution in [0.1, 0.15) is 19.8 Å². The van der Waals surface area contributed by atoms with Crippen molar-refractivity contribution in [1.29, 1.82) is 0 Å². The molecule has 0 fully saturated rings. The van der Waals surface area contributed by atoms with Crippen LogP contribution in [0.3, 0.4) is 0 Å². The van der Waals surface area contributed by atoms with E-state index >= 15 is 0 Å². The Hall–Kier alpha value is -2.19. The highest BCUT2D eigenvalue weighted by Gasteiger charge is 2.42. The molecule has 0 spiro atoms. The lowest BCUT2D eigenvalue weighted by atomic mass is 10.4. The number of ether oxygens (including phenoxy) is 3. The van der Waals surface area contributed by atoms with Crippen LogP contribution < -0.4 is 0 Å². The highest BCUT2D eigenvalue weighted by Crippen LogP contribution is 2.24. The fraction of sp³-hybridized carbons (Fsp3) is 0.400. The number of hydrogen-bond acceptors (Lipinski definition) is 7. The number of carbonyl (C=O) groups excluding carboxylic acids is 3. The summed E-state index contributed by atoms with van der Waals surface area (Å²) in [6.07, 6.45) is 3.41. The number of rotatable bonds is 12. The van der Waals surface area contributed by atoms with Crippen LogP contribution in [-0.4, -0.2) is 40.3 Å². The van der Waals surface area contributed by atoms with E-state index in [1.807, 2.05) is 6.92 Å². The molecule has 0 aliphatic carbocycles. The van der Waals surface area contributed by atoms with Crippen LogP contribution in [0.5, 0.6) is 0 Å². The van der Waals surface area contributed by atoms with E-state index in [-0.39, 0.29) is 6.42 Å². The maximum absolute atomic E-state index is 11.5. The van der Waals surface area contributed by atoms with Gasteiger partial charge in [0.2, 0.25) is 0 Å². The minimum Gasteiger partial charge on any atom is -0.424 e. The van der Waals surface area contributed by atoms with Gasteiger partial charge in [0.1, 0.15) is 0 Å². The van der Waals surface area contributed by atoms with Gasteiger partial charge in [-0.05, 0) is 12.5 Å². The molecule has 0 aromatic carbocycles. The van der Waals surface area contributed by atoms with Crippen molar-refractivity contribution in [2.45, 2.75) is 31.8 Å². The molecule has 0 saturated heterocycles. The largest absolute Gasteiger partial charge is 0.424 e. The fourth-order valence-corrected chi connectivity index (χ4v) is 2.71. The molecule has 128 valence electrons. The second-order valence-electron chi connectivity index (χ2n) is 4.27. The van der Waals surface area contributed by atoms with Gasteiger partial charge in [0.05, 0.1) is 6.42 Å². The molecular weight excluding hydrogens is 320 g/mol. The third-order valence-corrected chi connectivity index (χ3v) is 3.61. The maximum atomic E-state index is 11.5. The Kier molecular flexibility index (Phi) is 10.3. The standard InChI is InChI=1S/C15H22O7Si/c1-5-10-19-23-11-9-15(20-12(16)6-2,21-13(17)7-3)22-14(18)8-4/h6-8H,2-5,9-11,23H2,1H3. The maximum Gasteiger partial charge on any atom is 0.423 e. The lowest BCUT2D eigenvalue weighted by Crippen LogP contribution is -2.44. The molecule has 0 heterocycles. The van der Waals surface area contributed by atoms with Crippen LogP contribution in [0.2, 0.25) is 6.04 Å². The van der Waals surface area contributed by atoms with Crippen molar-refractivity contribution in [2.75, 3.05) is 6.61 Å². The Labute approximate surface area is 137 Å². The predicted octanol–water partition coefficient (Wildman–Crippen LogP) is 1.15. The van der Waals surface area contributed by atoms with Gasteiger partial charge in [-0.2, -0.15) is 0 Å². The lowest BCUT2D eigenvalue weighted by Gasteiger charge is -2.30. The Balaban J connectivity index is 5.16. The van der Waals surface area contributed by atoms with Crippen molar-refractivity contribution in [1.82, 2.24) is 0 Å². The summed E-state index contributed by atoms with van der Waals surface area (Å²) in [7, 11) is -0.951. The van der Waals surface area contributed by atoms with Crippen LogP contribution in [0.25, 0.3) is 0 Å². The molecule has 0 aliphatic rings. The summed E-state index contributed by atoms with van der Waals surface area (Å²) in [6, 6.07) is 0.444. The Morgan fingerprint density at radius 3 is 1.74 bits per heavy atom. The summed E-state index contributed by atoms with van der Waals surface area (Å²) in [6.45, 7) is 12.3. The van der Waals surface area contributed by atoms with Crippen molar-refractivity contribution in [3.8, 4) is 0 Å². The van der Waals surface area contributed by atoms with E-state index in [4.69, 9.17) is 18.6 Å². The van der Waals surface area contributed by atoms with Gasteiger partial charge in [-0.25, -0.2) is 14.4 Å². The van der Waals surface area contributed by atoms with E-state index in [2.05, 4.69) is 19.7 Å². The summed E-state index contributed by atoms with van der Waals surface area (Å²) in [5, 5.41) is 0. The molecule has 0 bridgehead atoms. The van der Waals surface area contributed by atoms with Crippen LogP contribution >= 0.6 is 0 Å². The summed E-state index contributed by atoms with van der Waals surface area (Å²) in [5.41, 5.74) is 0. The lowest BCUT2D eigenvalue weighted by molar-refractivity contribution is -0.325. The van der Waals surface area contributed by atoms with Gasteiger partial charge in [0, 0.05) is 24.8 Å². The molecule has 0 aliphatic heterocycles. The minimum absolute atomic E-state index is 0.0539. The minimum atomic E-state index is -2.19. The molecule has 0 aromatic rings. The van der Waals surface area contributed by atoms with E-state index < -0.39 is 33.6 Å². The monoisotopic (exact) mass is 342 g/mol. The van der Waals surface area contributed by atoms with Crippen LogP contribution in [0, 0.1) is 0 Å². The first kappa shape index (κ1) is 20.8. The first-order valence-corrected chi connectivity index (χ1v) is 8.64. The molecule has 0 radical (unpaired) electrons. The van der Waals surface area contributed by atoms with Gasteiger partial charge >= 0.3 is 23.9 Å². The molecule has 0 saturated carbocycles. The molecule has 0 unspecified atom stereocenters. The normalized spacial score (nSPS) is 10.8. The quantitative estimate of drug-likeness (QED) is 0.173. The SMILES string of the molecule is C=CC(=O)OC(CC[SiH2]OCCC)(OC(=O)C=C)OC(=O)C=C. The molecule has 0 rings (SSSR count). The average Bonchev–Trinajstić information content (AvgIpc) is 2.54. The molecule has 23 heavy (non-hydrogen) atoms. The third kappa shape index (κ3) is 8.74. The zero-order valence-corrected chi connectivity index (χ0v) is 14.7. The van der Waals surface area contributed by atoms with Crippen molar-refractivity contribution >= 4 is 27.7 Å². The first-order chi connectivity index (χ1) is 10.9. The van der Waals surface area contributed by atoms with E-state index in [0.717, 1.165) is 24.6 Å². The number of carbonyl (C=O) groups is 3. The second kappa shape index (κ2) is 11.4. The summed E-state index contributed by atoms with van der Waals surface area (Å²) < 4.78 is 20.3. The van der Waals surface area contributed by atoms with E-state index in [9.17, 15) is 14.4 Å². The zero-order valence-electron chi connectivity index (χ0n) is 13.2. The smallest absolute Gasteiger partial charge is 0.423 e. The Bertz CT molecular complexity index is 404. The fourth-order valence-electron chi connectivity index (χ4n) is 1.44. The Morgan fingerprint density at radius 1 is 0.957 bits per heavy atom. The van der Waals surface area contributed by atoms with Gasteiger partial charge in [0.25, 0.3) is 0 Å². The van der Waals surface area contributed by atoms with Crippen LogP contribution in [0.4, 0.5) is 0 Å². The molecule has 0 N–H and O–H groups in total. The van der Waals surface area contributed by atoms with Crippen LogP contribution in [-0.2, 0) is 33.0 Å². The van der Waals surface area contributed by atoms with Crippen molar-refractivity contribution in [3.63, 3.8) is 0 Å². The van der Waals surface area contributed by atoms with Gasteiger partial charge in [-0.15, -0.1) is 0 Å². The molecular formula is C15H22O7Si. The topological polar surface area (TPSA) is 88.1 Å². The zero-order chi connectivity index (χ0) is 17.7. The highest BCUT2D eigenvalue weighted by molar-refractivity contribution is 6.27.